The molecule has 7 heterocycles. The maximum Gasteiger partial charge on any atom is 0.165 e. The number of nitrogens with one attached hydrogen (secondary N) is 4. The molecule has 0 saturated carbocycles. The lowest BCUT2D eigenvalue weighted by Crippen LogP contribution is -2.36. The van der Waals surface area contributed by atoms with Crippen LogP contribution in [0.5, 0.6) is 0 Å². The maximum atomic E-state index is 6.33. The Kier molecular flexibility index (Phi) is 8.18. The number of hydrogen-bond donors (Lipinski definition) is 5. The summed E-state index contributed by atoms with van der Waals surface area (Å²) in [7, 11) is 1.75. The predicted octanol–water partition coefficient (Wildman–Crippen LogP) is 3.50. The van der Waals surface area contributed by atoms with Crippen LogP contribution in [0.25, 0.3) is 22.3 Å². The molecule has 0 amide bonds. The highest BCUT2D eigenvalue weighted by molar-refractivity contribution is 6.12. The van der Waals surface area contributed by atoms with Crippen molar-refractivity contribution in [2.75, 3.05) is 38.5 Å². The number of nitrogens with two attached hydrogens (primary N) is 1. The lowest BCUT2D eigenvalue weighted by molar-refractivity contribution is 0.454. The van der Waals surface area contributed by atoms with Crippen LogP contribution in [0.3, 0.4) is 0 Å². The van der Waals surface area contributed by atoms with Gasteiger partial charge in [0, 0.05) is 78.8 Å². The summed E-state index contributed by atoms with van der Waals surface area (Å²) in [5.41, 5.74) is 12.7. The molecule has 13 nitrogen and oxygen atoms in total. The van der Waals surface area contributed by atoms with Gasteiger partial charge in [-0.3, -0.25) is 4.99 Å². The molecular formula is C32H40N12O. The van der Waals surface area contributed by atoms with Crippen LogP contribution in [0.4, 0.5) is 5.82 Å². The Morgan fingerprint density at radius 3 is 2.71 bits per heavy atom. The number of aromatic nitrogens is 5. The van der Waals surface area contributed by atoms with E-state index in [-0.39, 0.29) is 6.17 Å². The molecule has 3 atom stereocenters. The highest BCUT2D eigenvalue weighted by Gasteiger charge is 2.24. The number of anilines is 1. The molecule has 45 heavy (non-hydrogen) atoms. The quantitative estimate of drug-likeness (QED) is 0.189. The van der Waals surface area contributed by atoms with Gasteiger partial charge in [0.2, 0.25) is 0 Å². The highest BCUT2D eigenvalue weighted by Crippen LogP contribution is 2.31. The Morgan fingerprint density at radius 1 is 1.16 bits per heavy atom. The number of furan rings is 1. The van der Waals surface area contributed by atoms with Gasteiger partial charge in [0.1, 0.15) is 23.6 Å². The van der Waals surface area contributed by atoms with Gasteiger partial charge in [0.05, 0.1) is 36.3 Å². The molecule has 0 aromatic carbocycles. The lowest BCUT2D eigenvalue weighted by Gasteiger charge is -2.26. The van der Waals surface area contributed by atoms with Crippen molar-refractivity contribution >= 4 is 29.0 Å². The molecule has 2 fully saturated rings. The van der Waals surface area contributed by atoms with Crippen LogP contribution in [0.15, 0.2) is 75.4 Å². The molecule has 3 aliphatic heterocycles. The first-order valence-corrected chi connectivity index (χ1v) is 15.7. The minimum absolute atomic E-state index is 0.204. The third kappa shape index (κ3) is 6.00. The second-order valence-corrected chi connectivity index (χ2v) is 11.9. The van der Waals surface area contributed by atoms with Gasteiger partial charge in [0.15, 0.2) is 5.65 Å². The Hall–Kier alpha value is -4.75. The van der Waals surface area contributed by atoms with E-state index < -0.39 is 0 Å². The summed E-state index contributed by atoms with van der Waals surface area (Å²) >= 11 is 0. The Bertz CT molecular complexity index is 1760. The summed E-state index contributed by atoms with van der Waals surface area (Å²) in [6.45, 7) is 5.95. The van der Waals surface area contributed by atoms with E-state index in [1.54, 1.807) is 25.8 Å². The molecule has 3 unspecified atom stereocenters. The average molecular weight is 609 g/mol. The fraction of sp³-hybridized carbons (Fsp3) is 0.406. The molecule has 3 aliphatic rings. The third-order valence-electron chi connectivity index (χ3n) is 8.74. The number of fused-ring (bicyclic) bond motifs is 1. The van der Waals surface area contributed by atoms with Crippen LogP contribution >= 0.6 is 0 Å². The van der Waals surface area contributed by atoms with Gasteiger partial charge in [-0.1, -0.05) is 0 Å². The predicted molar refractivity (Wildman–Crippen MR) is 176 cm³/mol. The summed E-state index contributed by atoms with van der Waals surface area (Å²) in [4.78, 5) is 14.4. The number of piperidine rings is 2. The van der Waals surface area contributed by atoms with E-state index in [2.05, 4.69) is 39.2 Å². The standard InChI is InChI=1S/C32H40N12O/c1-20(39-30-12-28(22-6-4-9-36-14-22)41-32-26(17-38-44(30)32)23-7-10-45-19-23)43-18-24(15-37-43)25(16-34-2)31-40-27(11-29(33)42-31)21-5-3-8-35-13-21/h7,10-12,15-22,35-36,39,42H,3-6,8-9,13-14,33H2,1-2H3/b31-25+,34-16-. The van der Waals surface area contributed by atoms with E-state index in [0.29, 0.717) is 23.5 Å². The van der Waals surface area contributed by atoms with Gasteiger partial charge in [-0.05, 0) is 51.8 Å². The first-order valence-electron chi connectivity index (χ1n) is 15.7. The molecule has 2 saturated heterocycles. The Morgan fingerprint density at radius 2 is 1.98 bits per heavy atom. The van der Waals surface area contributed by atoms with Crippen LogP contribution in [-0.2, 0) is 0 Å². The molecule has 7 rings (SSSR count). The smallest absolute Gasteiger partial charge is 0.165 e. The number of aliphatic imine (C=N–C) groups is 2. The average Bonchev–Trinajstić information content (AvgIpc) is 3.86. The van der Waals surface area contributed by atoms with Gasteiger partial charge in [-0.25, -0.2) is 14.7 Å². The summed E-state index contributed by atoms with van der Waals surface area (Å²) in [5.74, 6) is 2.74. The molecule has 0 bridgehead atoms. The number of hydrogen-bond acceptors (Lipinski definition) is 11. The van der Waals surface area contributed by atoms with Gasteiger partial charge in [-0.2, -0.15) is 14.7 Å². The minimum Gasteiger partial charge on any atom is -0.472 e. The van der Waals surface area contributed by atoms with E-state index >= 15 is 0 Å². The second-order valence-electron chi connectivity index (χ2n) is 11.9. The van der Waals surface area contributed by atoms with Crippen LogP contribution in [-0.4, -0.2) is 69.5 Å². The molecule has 234 valence electrons. The van der Waals surface area contributed by atoms with Crippen LogP contribution < -0.4 is 27.0 Å². The number of rotatable bonds is 8. The maximum absolute atomic E-state index is 6.33. The minimum atomic E-state index is -0.204. The number of nitrogens with zero attached hydrogens (tertiary/aromatic N) is 7. The molecule has 13 heteroatoms. The van der Waals surface area contributed by atoms with Crippen molar-refractivity contribution in [1.82, 2.24) is 40.3 Å². The molecule has 4 aromatic rings. The van der Waals surface area contributed by atoms with E-state index in [1.807, 2.05) is 39.9 Å². The molecule has 6 N–H and O–H groups in total. The van der Waals surface area contributed by atoms with Crippen molar-refractivity contribution in [2.45, 2.75) is 44.7 Å². The topological polar surface area (TPSA) is 160 Å². The van der Waals surface area contributed by atoms with E-state index in [1.165, 1.54) is 0 Å². The molecule has 4 aromatic heterocycles. The van der Waals surface area contributed by atoms with Gasteiger partial charge >= 0.3 is 0 Å². The second kappa shape index (κ2) is 12.7. The Balaban J connectivity index is 1.20. The van der Waals surface area contributed by atoms with Gasteiger partial charge in [-0.15, -0.1) is 0 Å². The molecule has 0 spiro atoms. The zero-order chi connectivity index (χ0) is 30.8. The van der Waals surface area contributed by atoms with Crippen molar-refractivity contribution in [3.05, 3.63) is 72.2 Å². The zero-order valence-corrected chi connectivity index (χ0v) is 25.7. The third-order valence-corrected chi connectivity index (χ3v) is 8.74. The van der Waals surface area contributed by atoms with Crippen molar-refractivity contribution in [3.8, 4) is 11.1 Å². The van der Waals surface area contributed by atoms with Crippen molar-refractivity contribution in [1.29, 1.82) is 0 Å². The summed E-state index contributed by atoms with van der Waals surface area (Å²) in [6.07, 6.45) is 17.0. The normalized spacial score (nSPS) is 22.6. The first-order chi connectivity index (χ1) is 22.1. The van der Waals surface area contributed by atoms with Crippen LogP contribution in [0.2, 0.25) is 0 Å². The molecule has 0 radical (unpaired) electrons. The first kappa shape index (κ1) is 29.0. The van der Waals surface area contributed by atoms with E-state index in [0.717, 1.165) is 97.0 Å². The number of allylic oxidation sites excluding steroid dienone is 2. The van der Waals surface area contributed by atoms with Gasteiger partial charge < -0.3 is 31.4 Å². The molecule has 0 aliphatic carbocycles. The summed E-state index contributed by atoms with van der Waals surface area (Å²) in [6, 6.07) is 4.05. The summed E-state index contributed by atoms with van der Waals surface area (Å²) < 4.78 is 9.12. The zero-order valence-electron chi connectivity index (χ0n) is 25.7. The van der Waals surface area contributed by atoms with Crippen molar-refractivity contribution < 1.29 is 4.42 Å². The van der Waals surface area contributed by atoms with Crippen molar-refractivity contribution in [2.24, 2.45) is 21.6 Å². The van der Waals surface area contributed by atoms with Gasteiger partial charge in [0.25, 0.3) is 0 Å². The van der Waals surface area contributed by atoms with Crippen molar-refractivity contribution in [3.63, 3.8) is 0 Å². The SMILES string of the molecule is C/N=C\C(=C1\N=C(C2CCCNC2)C=C(N)N1)c1cnn(C(C)Nc2cc(C3CCCNC3)nc3c(-c4ccoc4)cnn23)c1. The van der Waals surface area contributed by atoms with Crippen LogP contribution in [0.1, 0.15) is 55.9 Å². The summed E-state index contributed by atoms with van der Waals surface area (Å²) in [5, 5.41) is 23.3. The highest BCUT2D eigenvalue weighted by atomic mass is 16.3. The fourth-order valence-corrected chi connectivity index (χ4v) is 6.35. The van der Waals surface area contributed by atoms with E-state index in [4.69, 9.17) is 30.3 Å². The Labute approximate surface area is 261 Å². The lowest BCUT2D eigenvalue weighted by atomic mass is 9.93. The van der Waals surface area contributed by atoms with Crippen LogP contribution in [0, 0.1) is 5.92 Å². The molecular weight excluding hydrogens is 568 g/mol. The fourth-order valence-electron chi connectivity index (χ4n) is 6.35. The monoisotopic (exact) mass is 608 g/mol. The largest absolute Gasteiger partial charge is 0.472 e. The van der Waals surface area contributed by atoms with E-state index in [9.17, 15) is 0 Å².